The average Bonchev–Trinajstić information content (AvgIpc) is 0. The van der Waals surface area contributed by atoms with Gasteiger partial charge in [0.2, 0.25) is 0 Å². The van der Waals surface area contributed by atoms with Crippen molar-refractivity contribution in [1.29, 1.82) is 0 Å². The standard InChI is InChI=1S/12Ca.H2O.24H/h;;;;;;;;;;;;1H2;;;;;;;;;;;;;;;;;;;;;;;;. The predicted molar refractivity (Wildman–Crippen MR) is 106 cm³/mol. The zero-order valence-electron chi connectivity index (χ0n) is 0.500. The summed E-state index contributed by atoms with van der Waals surface area (Å²) >= 11 is 0. The van der Waals surface area contributed by atoms with Crippen molar-refractivity contribution in [1.82, 2.24) is 0 Å². The molecular weight excluding hydrogens is 497 g/mol. The van der Waals surface area contributed by atoms with Crippen molar-refractivity contribution >= 4 is 453 Å². The van der Waals surface area contributed by atoms with Gasteiger partial charge in [0.25, 0.3) is 0 Å². The molecule has 0 aliphatic heterocycles. The van der Waals surface area contributed by atoms with E-state index in [0.717, 1.165) is 0 Å². The van der Waals surface area contributed by atoms with E-state index in [0.29, 0.717) is 0 Å². The molecule has 0 bridgehead atoms. The van der Waals surface area contributed by atoms with Gasteiger partial charge in [-0.05, 0) is 0 Å². The van der Waals surface area contributed by atoms with Crippen LogP contribution in [0.1, 0.15) is 0 Å². The van der Waals surface area contributed by atoms with Crippen LogP contribution >= 0.6 is 0 Å². The van der Waals surface area contributed by atoms with Gasteiger partial charge in [-0.1, -0.05) is 0 Å². The van der Waals surface area contributed by atoms with Crippen LogP contribution in [-0.2, 0) is 0 Å². The molecule has 0 heterocycles. The second-order valence-corrected chi connectivity index (χ2v) is 0. The minimum absolute atomic E-state index is 0. The van der Waals surface area contributed by atoms with Crippen LogP contribution in [0.3, 0.4) is 0 Å². The average molecular weight is 523 g/mol. The first kappa shape index (κ1) is 90.6. The molecule has 0 fully saturated rings. The summed E-state index contributed by atoms with van der Waals surface area (Å²) in [5, 5.41) is 0. The monoisotopic (exact) mass is 522 g/mol. The molecule has 0 saturated carbocycles. The van der Waals surface area contributed by atoms with Crippen molar-refractivity contribution < 1.29 is 5.48 Å². The minimum atomic E-state index is 0. The van der Waals surface area contributed by atoms with E-state index in [2.05, 4.69) is 0 Å². The van der Waals surface area contributed by atoms with Crippen molar-refractivity contribution in [3.05, 3.63) is 0 Å². The fourth-order valence-electron chi connectivity index (χ4n) is 0. The molecule has 0 unspecified atom stereocenters. The van der Waals surface area contributed by atoms with Gasteiger partial charge in [-0.25, -0.2) is 0 Å². The van der Waals surface area contributed by atoms with E-state index in [4.69, 9.17) is 0 Å². The fourth-order valence-corrected chi connectivity index (χ4v) is 0. The van der Waals surface area contributed by atoms with Gasteiger partial charge in [0, 0.05) is 0 Å². The Morgan fingerprint density at radius 1 is 0.154 bits per heavy atom. The topological polar surface area (TPSA) is 31.5 Å². The summed E-state index contributed by atoms with van der Waals surface area (Å²) < 4.78 is 0. The molecule has 2 N–H and O–H groups in total. The third-order valence-corrected chi connectivity index (χ3v) is 0. The maximum absolute atomic E-state index is 0. The Hall–Kier alpha value is 15.1. The SMILES string of the molecule is O.[CaH2].[CaH2].[CaH2].[CaH2].[CaH2].[CaH2].[CaH2].[CaH2].[CaH2].[CaH2].[CaH2].[CaH2]. The molecule has 0 saturated heterocycles. The van der Waals surface area contributed by atoms with Crippen LogP contribution in [0.2, 0.25) is 0 Å². The molecule has 56 valence electrons. The zero-order valence-corrected chi connectivity index (χ0v) is 0.500. The summed E-state index contributed by atoms with van der Waals surface area (Å²) in [5.74, 6) is 0. The van der Waals surface area contributed by atoms with E-state index in [1.807, 2.05) is 0 Å². The van der Waals surface area contributed by atoms with Crippen LogP contribution in [0, 0.1) is 0 Å². The summed E-state index contributed by atoms with van der Waals surface area (Å²) in [5.41, 5.74) is 0. The van der Waals surface area contributed by atoms with E-state index in [-0.39, 0.29) is 458 Å². The summed E-state index contributed by atoms with van der Waals surface area (Å²) in [6.07, 6.45) is 0. The van der Waals surface area contributed by atoms with Crippen molar-refractivity contribution in [3.63, 3.8) is 0 Å². The van der Waals surface area contributed by atoms with Crippen molar-refractivity contribution in [2.45, 2.75) is 0 Å². The van der Waals surface area contributed by atoms with Gasteiger partial charge < -0.3 is 5.48 Å². The quantitative estimate of drug-likeness (QED) is 0.283. The molecule has 13 heavy (non-hydrogen) atoms. The number of rotatable bonds is 0. The third kappa shape index (κ3) is 74.9. The second kappa shape index (κ2) is 81.0. The zero-order chi connectivity index (χ0) is 0. The van der Waals surface area contributed by atoms with E-state index < -0.39 is 0 Å². The maximum atomic E-state index is 0. The summed E-state index contributed by atoms with van der Waals surface area (Å²) in [6, 6.07) is 0. The van der Waals surface area contributed by atoms with Crippen LogP contribution in [0.5, 0.6) is 0 Å². The summed E-state index contributed by atoms with van der Waals surface area (Å²) in [6.45, 7) is 0. The molecule has 0 atom stereocenters. The Morgan fingerprint density at radius 2 is 0.154 bits per heavy atom. The molecule has 0 aromatic rings. The normalized spacial score (nSPS) is 0. The molecule has 1 nitrogen and oxygen atoms in total. The molecule has 0 rings (SSSR count). The van der Waals surface area contributed by atoms with Gasteiger partial charge in [-0.3, -0.25) is 0 Å². The molecule has 0 aliphatic rings. The Labute approximate surface area is 440 Å². The Bertz CT molecular complexity index is 5.09. The number of hydrogen-bond acceptors (Lipinski definition) is 0. The predicted octanol–water partition coefficient (Wildman–Crippen LogP) is -11.8. The second-order valence-electron chi connectivity index (χ2n) is 0. The van der Waals surface area contributed by atoms with Gasteiger partial charge in [-0.15, -0.1) is 0 Å². The van der Waals surface area contributed by atoms with E-state index in [1.165, 1.54) is 0 Å². The number of hydrogen-bond donors (Lipinski definition) is 0. The molecule has 0 amide bonds. The van der Waals surface area contributed by atoms with Crippen molar-refractivity contribution in [2.24, 2.45) is 0 Å². The summed E-state index contributed by atoms with van der Waals surface area (Å²) in [4.78, 5) is 0. The Morgan fingerprint density at radius 3 is 0.154 bits per heavy atom. The van der Waals surface area contributed by atoms with Gasteiger partial charge >= 0.3 is 453 Å². The first-order valence-corrected chi connectivity index (χ1v) is 0. The van der Waals surface area contributed by atoms with Crippen LogP contribution in [0.25, 0.3) is 0 Å². The Balaban J connectivity index is 0. The fraction of sp³-hybridized carbons (Fsp3) is 0. The first-order chi connectivity index (χ1) is 0. The third-order valence-electron chi connectivity index (χ3n) is 0. The van der Waals surface area contributed by atoms with Gasteiger partial charge in [0.05, 0.1) is 0 Å². The van der Waals surface area contributed by atoms with Crippen molar-refractivity contribution in [3.8, 4) is 0 Å². The van der Waals surface area contributed by atoms with Crippen LogP contribution in [-0.4, -0.2) is 458 Å². The molecule has 13 heteroatoms. The van der Waals surface area contributed by atoms with Crippen molar-refractivity contribution in [2.75, 3.05) is 0 Å². The van der Waals surface area contributed by atoms with E-state index in [9.17, 15) is 0 Å². The molecule has 0 radical (unpaired) electrons. The van der Waals surface area contributed by atoms with Gasteiger partial charge in [0.1, 0.15) is 0 Å². The van der Waals surface area contributed by atoms with E-state index in [1.54, 1.807) is 0 Å². The summed E-state index contributed by atoms with van der Waals surface area (Å²) in [7, 11) is 0. The molecular formula is H26Ca12O. The molecule has 0 aromatic carbocycles. The van der Waals surface area contributed by atoms with Crippen LogP contribution < -0.4 is 0 Å². The van der Waals surface area contributed by atoms with Crippen LogP contribution in [0.15, 0.2) is 0 Å². The van der Waals surface area contributed by atoms with Gasteiger partial charge in [-0.2, -0.15) is 0 Å². The molecule has 0 aliphatic carbocycles. The first-order valence-electron chi connectivity index (χ1n) is 0. The van der Waals surface area contributed by atoms with E-state index >= 15 is 0 Å². The van der Waals surface area contributed by atoms with Gasteiger partial charge in [0.15, 0.2) is 0 Å². The molecule has 0 aromatic heterocycles. The van der Waals surface area contributed by atoms with Crippen LogP contribution in [0.4, 0.5) is 0 Å². The Kier molecular flexibility index (Phi) is 564. The molecule has 0 spiro atoms.